The summed E-state index contributed by atoms with van der Waals surface area (Å²) in [5.74, 6) is 0.443. The van der Waals surface area contributed by atoms with E-state index in [2.05, 4.69) is 31.1 Å². The molecule has 0 amide bonds. The molecular weight excluding hydrogens is 256 g/mol. The Balaban J connectivity index is 1.89. The van der Waals surface area contributed by atoms with Crippen molar-refractivity contribution in [1.29, 1.82) is 0 Å². The molecule has 19 heavy (non-hydrogen) atoms. The fourth-order valence-corrected chi connectivity index (χ4v) is 4.41. The molecule has 0 aliphatic carbocycles. The summed E-state index contributed by atoms with van der Waals surface area (Å²) >= 11 is 1.74. The van der Waals surface area contributed by atoms with Crippen molar-refractivity contribution in [1.82, 2.24) is 4.98 Å². The Morgan fingerprint density at radius 1 is 1.26 bits per heavy atom. The average Bonchev–Trinajstić information content (AvgIpc) is 2.76. The van der Waals surface area contributed by atoms with Gasteiger partial charge in [-0.15, -0.1) is 11.3 Å². The standard InChI is InChI=1S/C15H22N2OS/c1-15(2,3)13-9-19-14(16-13)17-10-5-4-6-11(17)8-12(18)7-10/h9-11H,4-8H2,1-3H3. The lowest BCUT2D eigenvalue weighted by atomic mass is 9.84. The largest absolute Gasteiger partial charge is 0.341 e. The van der Waals surface area contributed by atoms with Gasteiger partial charge in [0.2, 0.25) is 0 Å². The summed E-state index contributed by atoms with van der Waals surface area (Å²) in [4.78, 5) is 19.1. The van der Waals surface area contributed by atoms with Crippen molar-refractivity contribution in [3.8, 4) is 0 Å². The van der Waals surface area contributed by atoms with Gasteiger partial charge in [-0.3, -0.25) is 4.79 Å². The molecule has 1 aromatic heterocycles. The van der Waals surface area contributed by atoms with Gasteiger partial charge in [0.1, 0.15) is 5.78 Å². The summed E-state index contributed by atoms with van der Waals surface area (Å²) in [6.45, 7) is 6.60. The van der Waals surface area contributed by atoms with Crippen LogP contribution in [0.15, 0.2) is 5.38 Å². The number of hydrogen-bond donors (Lipinski definition) is 0. The number of rotatable bonds is 1. The van der Waals surface area contributed by atoms with E-state index in [9.17, 15) is 4.79 Å². The molecule has 1 aromatic rings. The van der Waals surface area contributed by atoms with E-state index in [0.29, 0.717) is 17.9 Å². The molecular formula is C15H22N2OS. The van der Waals surface area contributed by atoms with Gasteiger partial charge in [-0.25, -0.2) is 4.98 Å². The maximum absolute atomic E-state index is 11.8. The highest BCUT2D eigenvalue weighted by Crippen LogP contribution is 2.39. The Bertz CT molecular complexity index is 473. The van der Waals surface area contributed by atoms with Crippen LogP contribution in [-0.4, -0.2) is 22.9 Å². The number of carbonyl (C=O) groups excluding carboxylic acids is 1. The van der Waals surface area contributed by atoms with Gasteiger partial charge in [-0.05, 0) is 19.3 Å². The molecule has 2 saturated heterocycles. The lowest BCUT2D eigenvalue weighted by Crippen LogP contribution is -2.52. The van der Waals surface area contributed by atoms with E-state index in [1.165, 1.54) is 12.1 Å². The average molecular weight is 278 g/mol. The summed E-state index contributed by atoms with van der Waals surface area (Å²) in [7, 11) is 0. The quantitative estimate of drug-likeness (QED) is 0.788. The van der Waals surface area contributed by atoms with Crippen LogP contribution in [0, 0.1) is 0 Å². The number of ketones is 1. The minimum absolute atomic E-state index is 0.107. The molecule has 2 bridgehead atoms. The van der Waals surface area contributed by atoms with Crippen LogP contribution in [0.2, 0.25) is 0 Å². The van der Waals surface area contributed by atoms with E-state index in [1.54, 1.807) is 11.3 Å². The van der Waals surface area contributed by atoms with Crippen molar-refractivity contribution in [3.05, 3.63) is 11.1 Å². The number of thiazole rings is 1. The summed E-state index contributed by atoms with van der Waals surface area (Å²) < 4.78 is 0. The van der Waals surface area contributed by atoms with Gasteiger partial charge < -0.3 is 4.90 Å². The molecule has 2 aliphatic heterocycles. The molecule has 0 N–H and O–H groups in total. The molecule has 2 atom stereocenters. The molecule has 0 aromatic carbocycles. The minimum Gasteiger partial charge on any atom is -0.341 e. The molecule has 3 rings (SSSR count). The molecule has 3 heterocycles. The van der Waals surface area contributed by atoms with Crippen LogP contribution in [-0.2, 0) is 10.2 Å². The van der Waals surface area contributed by atoms with Gasteiger partial charge in [0.15, 0.2) is 5.13 Å². The number of nitrogens with zero attached hydrogens (tertiary/aromatic N) is 2. The number of hydrogen-bond acceptors (Lipinski definition) is 4. The normalized spacial score (nSPS) is 27.7. The van der Waals surface area contributed by atoms with Crippen LogP contribution in [0.3, 0.4) is 0 Å². The third-order valence-corrected chi connectivity index (χ3v) is 5.12. The molecule has 2 unspecified atom stereocenters. The monoisotopic (exact) mass is 278 g/mol. The highest BCUT2D eigenvalue weighted by molar-refractivity contribution is 7.13. The molecule has 104 valence electrons. The number of fused-ring (bicyclic) bond motifs is 2. The van der Waals surface area contributed by atoms with E-state index in [-0.39, 0.29) is 5.41 Å². The molecule has 0 radical (unpaired) electrons. The van der Waals surface area contributed by atoms with E-state index in [0.717, 1.165) is 30.8 Å². The maximum Gasteiger partial charge on any atom is 0.186 e. The number of piperidine rings is 2. The number of anilines is 1. The minimum atomic E-state index is 0.107. The molecule has 3 nitrogen and oxygen atoms in total. The summed E-state index contributed by atoms with van der Waals surface area (Å²) in [6.07, 6.45) is 5.00. The first-order valence-corrected chi connectivity index (χ1v) is 8.09. The van der Waals surface area contributed by atoms with Crippen molar-refractivity contribution in [2.45, 2.75) is 70.4 Å². The van der Waals surface area contributed by atoms with Gasteiger partial charge in [0, 0.05) is 35.7 Å². The fraction of sp³-hybridized carbons (Fsp3) is 0.733. The first kappa shape index (κ1) is 13.1. The highest BCUT2D eigenvalue weighted by Gasteiger charge is 2.39. The lowest BCUT2D eigenvalue weighted by molar-refractivity contribution is -0.121. The zero-order chi connectivity index (χ0) is 13.6. The maximum atomic E-state index is 11.8. The van der Waals surface area contributed by atoms with Crippen LogP contribution in [0.1, 0.15) is 58.6 Å². The Kier molecular flexibility index (Phi) is 3.16. The Morgan fingerprint density at radius 2 is 1.89 bits per heavy atom. The van der Waals surface area contributed by atoms with Crippen LogP contribution in [0.25, 0.3) is 0 Å². The smallest absolute Gasteiger partial charge is 0.186 e. The van der Waals surface area contributed by atoms with Crippen molar-refractivity contribution >= 4 is 22.3 Å². The lowest BCUT2D eigenvalue weighted by Gasteiger charge is -2.45. The summed E-state index contributed by atoms with van der Waals surface area (Å²) in [6, 6.07) is 0.804. The van der Waals surface area contributed by atoms with Crippen molar-refractivity contribution in [3.63, 3.8) is 0 Å². The Hall–Kier alpha value is -0.900. The second kappa shape index (κ2) is 4.58. The Morgan fingerprint density at radius 3 is 2.42 bits per heavy atom. The fourth-order valence-electron chi connectivity index (χ4n) is 3.21. The van der Waals surface area contributed by atoms with Gasteiger partial charge in [0.25, 0.3) is 0 Å². The van der Waals surface area contributed by atoms with Crippen LogP contribution in [0.4, 0.5) is 5.13 Å². The summed E-state index contributed by atoms with van der Waals surface area (Å²) in [5, 5.41) is 3.31. The predicted molar refractivity (Wildman–Crippen MR) is 79.0 cm³/mol. The second-order valence-corrected chi connectivity index (χ2v) is 7.69. The molecule has 0 spiro atoms. The van der Waals surface area contributed by atoms with Gasteiger partial charge in [0.05, 0.1) is 5.69 Å². The van der Waals surface area contributed by atoms with E-state index in [1.807, 2.05) is 0 Å². The van der Waals surface area contributed by atoms with E-state index >= 15 is 0 Å². The molecule has 4 heteroatoms. The van der Waals surface area contributed by atoms with Crippen LogP contribution >= 0.6 is 11.3 Å². The summed E-state index contributed by atoms with van der Waals surface area (Å²) in [5.41, 5.74) is 1.28. The number of aromatic nitrogens is 1. The van der Waals surface area contributed by atoms with Crippen LogP contribution in [0.5, 0.6) is 0 Å². The van der Waals surface area contributed by atoms with E-state index in [4.69, 9.17) is 4.98 Å². The third kappa shape index (κ3) is 2.42. The molecule has 2 aliphatic rings. The van der Waals surface area contributed by atoms with Gasteiger partial charge in [-0.1, -0.05) is 20.8 Å². The second-order valence-electron chi connectivity index (χ2n) is 6.86. The number of Topliss-reactive ketones (excluding diaryl/α,β-unsaturated/α-hetero) is 1. The van der Waals surface area contributed by atoms with E-state index < -0.39 is 0 Å². The number of carbonyl (C=O) groups is 1. The highest BCUT2D eigenvalue weighted by atomic mass is 32.1. The van der Waals surface area contributed by atoms with Crippen molar-refractivity contribution in [2.75, 3.05) is 4.90 Å². The topological polar surface area (TPSA) is 33.2 Å². The predicted octanol–water partition coefficient (Wildman–Crippen LogP) is 3.53. The zero-order valence-corrected chi connectivity index (χ0v) is 12.8. The third-order valence-electron chi connectivity index (χ3n) is 4.27. The van der Waals surface area contributed by atoms with Crippen molar-refractivity contribution < 1.29 is 4.79 Å². The van der Waals surface area contributed by atoms with Crippen LogP contribution < -0.4 is 4.90 Å². The Labute approximate surface area is 119 Å². The first-order chi connectivity index (χ1) is 8.95. The van der Waals surface area contributed by atoms with Gasteiger partial charge >= 0.3 is 0 Å². The van der Waals surface area contributed by atoms with Gasteiger partial charge in [-0.2, -0.15) is 0 Å². The first-order valence-electron chi connectivity index (χ1n) is 7.21. The molecule has 0 saturated carbocycles. The SMILES string of the molecule is CC(C)(C)c1csc(N2C3CCCC2CC(=O)C3)n1. The van der Waals surface area contributed by atoms with Crippen molar-refractivity contribution in [2.24, 2.45) is 0 Å². The zero-order valence-electron chi connectivity index (χ0n) is 12.0. The molecule has 2 fully saturated rings.